The molecule has 7 heteroatoms. The molecular formula is C13H12F2N2O3. The molecule has 0 bridgehead atoms. The first-order chi connectivity index (χ1) is 9.40. The summed E-state index contributed by atoms with van der Waals surface area (Å²) < 4.78 is 30.9. The van der Waals surface area contributed by atoms with Crippen molar-refractivity contribution in [3.8, 4) is 11.4 Å². The van der Waals surface area contributed by atoms with E-state index in [0.29, 0.717) is 0 Å². The highest BCUT2D eigenvalue weighted by atomic mass is 19.2. The van der Waals surface area contributed by atoms with E-state index in [-0.39, 0.29) is 17.3 Å². The fourth-order valence-electron chi connectivity index (χ4n) is 1.60. The topological polar surface area (TPSA) is 76.2 Å². The van der Waals surface area contributed by atoms with Crippen LogP contribution in [-0.4, -0.2) is 21.2 Å². The smallest absolute Gasteiger partial charge is 0.307 e. The molecule has 0 spiro atoms. The van der Waals surface area contributed by atoms with E-state index in [1.54, 1.807) is 6.92 Å². The second-order valence-electron chi connectivity index (χ2n) is 4.50. The minimum absolute atomic E-state index is 0.0864. The third-order valence-electron chi connectivity index (χ3n) is 3.15. The number of benzene rings is 1. The summed E-state index contributed by atoms with van der Waals surface area (Å²) in [6, 6.07) is 3.23. The maximum atomic E-state index is 13.1. The highest BCUT2D eigenvalue weighted by Gasteiger charge is 2.26. The summed E-state index contributed by atoms with van der Waals surface area (Å²) in [6.07, 6.45) is 0. The van der Waals surface area contributed by atoms with Crippen LogP contribution in [0, 0.1) is 17.6 Å². The van der Waals surface area contributed by atoms with Crippen LogP contribution < -0.4 is 0 Å². The van der Waals surface area contributed by atoms with Gasteiger partial charge in [-0.3, -0.25) is 4.79 Å². The van der Waals surface area contributed by atoms with Gasteiger partial charge in [0, 0.05) is 11.5 Å². The van der Waals surface area contributed by atoms with Gasteiger partial charge in [0.15, 0.2) is 11.6 Å². The molecule has 0 saturated carbocycles. The van der Waals surface area contributed by atoms with E-state index in [1.807, 2.05) is 0 Å². The maximum absolute atomic E-state index is 13.1. The fourth-order valence-corrected chi connectivity index (χ4v) is 1.60. The number of aliphatic carboxylic acids is 1. The summed E-state index contributed by atoms with van der Waals surface area (Å²) in [4.78, 5) is 14.9. The van der Waals surface area contributed by atoms with Crippen LogP contribution in [0.4, 0.5) is 8.78 Å². The predicted octanol–water partition coefficient (Wildman–Crippen LogP) is 2.84. The van der Waals surface area contributed by atoms with Gasteiger partial charge in [-0.1, -0.05) is 19.0 Å². The van der Waals surface area contributed by atoms with Crippen molar-refractivity contribution >= 4 is 5.97 Å². The minimum atomic E-state index is -1.01. The third-order valence-corrected chi connectivity index (χ3v) is 3.15. The highest BCUT2D eigenvalue weighted by molar-refractivity contribution is 5.70. The zero-order chi connectivity index (χ0) is 14.9. The van der Waals surface area contributed by atoms with Crippen molar-refractivity contribution in [3.63, 3.8) is 0 Å². The summed E-state index contributed by atoms with van der Waals surface area (Å²) in [5.74, 6) is -3.92. The van der Waals surface area contributed by atoms with Crippen molar-refractivity contribution < 1.29 is 23.2 Å². The standard InChI is InChI=1S/C13H12F2N2O3/c1-6(7(2)13(18)19)12-16-11(17-20-12)8-3-4-9(14)10(15)5-8/h3-7H,1-2H3,(H,18,19). The van der Waals surface area contributed by atoms with E-state index in [1.165, 1.54) is 13.0 Å². The van der Waals surface area contributed by atoms with E-state index in [2.05, 4.69) is 10.1 Å². The number of nitrogens with zero attached hydrogens (tertiary/aromatic N) is 2. The van der Waals surface area contributed by atoms with E-state index in [4.69, 9.17) is 9.63 Å². The summed E-state index contributed by atoms with van der Waals surface area (Å²) in [5.41, 5.74) is 0.258. The van der Waals surface area contributed by atoms with Crippen LogP contribution in [0.5, 0.6) is 0 Å². The Hall–Kier alpha value is -2.31. The van der Waals surface area contributed by atoms with Crippen LogP contribution in [0.15, 0.2) is 22.7 Å². The Bertz CT molecular complexity index is 642. The Labute approximate surface area is 113 Å². The number of carboxylic acid groups (broad SMARTS) is 1. The zero-order valence-corrected chi connectivity index (χ0v) is 10.8. The van der Waals surface area contributed by atoms with Gasteiger partial charge in [-0.15, -0.1) is 0 Å². The number of rotatable bonds is 4. The van der Waals surface area contributed by atoms with Crippen molar-refractivity contribution in [1.82, 2.24) is 10.1 Å². The Morgan fingerprint density at radius 1 is 1.30 bits per heavy atom. The first-order valence-electron chi connectivity index (χ1n) is 5.92. The summed E-state index contributed by atoms with van der Waals surface area (Å²) >= 11 is 0. The molecule has 1 aromatic carbocycles. The average molecular weight is 282 g/mol. The lowest BCUT2D eigenvalue weighted by Crippen LogP contribution is -2.16. The van der Waals surface area contributed by atoms with Gasteiger partial charge in [0.25, 0.3) is 0 Å². The van der Waals surface area contributed by atoms with Crippen molar-refractivity contribution in [2.24, 2.45) is 5.92 Å². The lowest BCUT2D eigenvalue weighted by atomic mass is 9.96. The zero-order valence-electron chi connectivity index (χ0n) is 10.8. The van der Waals surface area contributed by atoms with Gasteiger partial charge in [0.2, 0.25) is 11.7 Å². The molecule has 106 valence electrons. The average Bonchev–Trinajstić information content (AvgIpc) is 2.89. The van der Waals surface area contributed by atoms with Crippen LogP contribution in [-0.2, 0) is 4.79 Å². The molecular weight excluding hydrogens is 270 g/mol. The molecule has 0 fully saturated rings. The van der Waals surface area contributed by atoms with E-state index >= 15 is 0 Å². The summed E-state index contributed by atoms with van der Waals surface area (Å²) in [5, 5.41) is 12.6. The van der Waals surface area contributed by atoms with Gasteiger partial charge >= 0.3 is 5.97 Å². The molecule has 2 atom stereocenters. The molecule has 1 aromatic heterocycles. The van der Waals surface area contributed by atoms with Crippen molar-refractivity contribution in [3.05, 3.63) is 35.7 Å². The largest absolute Gasteiger partial charge is 0.481 e. The van der Waals surface area contributed by atoms with Gasteiger partial charge in [-0.25, -0.2) is 8.78 Å². The Morgan fingerprint density at radius 2 is 2.00 bits per heavy atom. The number of hydrogen-bond acceptors (Lipinski definition) is 4. The fraction of sp³-hybridized carbons (Fsp3) is 0.308. The number of halogens is 2. The molecule has 1 N–H and O–H groups in total. The second-order valence-corrected chi connectivity index (χ2v) is 4.50. The molecule has 1 heterocycles. The van der Waals surface area contributed by atoms with Gasteiger partial charge in [0.05, 0.1) is 5.92 Å². The predicted molar refractivity (Wildman–Crippen MR) is 64.9 cm³/mol. The van der Waals surface area contributed by atoms with E-state index < -0.39 is 29.4 Å². The minimum Gasteiger partial charge on any atom is -0.481 e. The van der Waals surface area contributed by atoms with Crippen molar-refractivity contribution in [1.29, 1.82) is 0 Å². The molecule has 20 heavy (non-hydrogen) atoms. The third kappa shape index (κ3) is 2.66. The van der Waals surface area contributed by atoms with Gasteiger partial charge < -0.3 is 9.63 Å². The van der Waals surface area contributed by atoms with Crippen LogP contribution in [0.25, 0.3) is 11.4 Å². The summed E-state index contributed by atoms with van der Waals surface area (Å²) in [6.45, 7) is 3.16. The molecule has 0 aliphatic heterocycles. The van der Waals surface area contributed by atoms with Crippen LogP contribution >= 0.6 is 0 Å². The van der Waals surface area contributed by atoms with Gasteiger partial charge in [0.1, 0.15) is 0 Å². The molecule has 5 nitrogen and oxygen atoms in total. The Balaban J connectivity index is 2.28. The molecule has 0 aliphatic carbocycles. The molecule has 0 amide bonds. The maximum Gasteiger partial charge on any atom is 0.307 e. The Kier molecular flexibility index (Phi) is 3.78. The molecule has 0 aliphatic rings. The van der Waals surface area contributed by atoms with Crippen molar-refractivity contribution in [2.75, 3.05) is 0 Å². The number of hydrogen-bond donors (Lipinski definition) is 1. The molecule has 2 unspecified atom stereocenters. The second kappa shape index (κ2) is 5.36. The van der Waals surface area contributed by atoms with Crippen molar-refractivity contribution in [2.45, 2.75) is 19.8 Å². The summed E-state index contributed by atoms with van der Waals surface area (Å²) in [7, 11) is 0. The van der Waals surface area contributed by atoms with Gasteiger partial charge in [-0.05, 0) is 18.2 Å². The van der Waals surface area contributed by atoms with Gasteiger partial charge in [-0.2, -0.15) is 4.98 Å². The van der Waals surface area contributed by atoms with E-state index in [0.717, 1.165) is 12.1 Å². The lowest BCUT2D eigenvalue weighted by molar-refractivity contribution is -0.141. The van der Waals surface area contributed by atoms with E-state index in [9.17, 15) is 13.6 Å². The first kappa shape index (κ1) is 14.1. The number of carboxylic acids is 1. The monoisotopic (exact) mass is 282 g/mol. The van der Waals surface area contributed by atoms with Crippen LogP contribution in [0.2, 0.25) is 0 Å². The lowest BCUT2D eigenvalue weighted by Gasteiger charge is -2.10. The molecule has 2 aromatic rings. The number of carbonyl (C=O) groups is 1. The normalized spacial score (nSPS) is 14.0. The quantitative estimate of drug-likeness (QED) is 0.933. The van der Waals surface area contributed by atoms with Crippen LogP contribution in [0.1, 0.15) is 25.7 Å². The first-order valence-corrected chi connectivity index (χ1v) is 5.92. The van der Waals surface area contributed by atoms with Crippen LogP contribution in [0.3, 0.4) is 0 Å². The molecule has 0 saturated heterocycles. The molecule has 0 radical (unpaired) electrons. The number of aromatic nitrogens is 2. The Morgan fingerprint density at radius 3 is 2.60 bits per heavy atom. The molecule has 2 rings (SSSR count). The SMILES string of the molecule is CC(C(=O)O)C(C)c1nc(-c2ccc(F)c(F)c2)no1. The highest BCUT2D eigenvalue weighted by Crippen LogP contribution is 2.26.